The zero-order chi connectivity index (χ0) is 14.7. The molecule has 104 valence electrons. The number of carbonyl (C=O) groups excluding carboxylic acids is 1. The number of carbonyl (C=O) groups is 1. The van der Waals surface area contributed by atoms with Crippen LogP contribution in [-0.2, 0) is 0 Å². The van der Waals surface area contributed by atoms with Gasteiger partial charge in [0.2, 0.25) is 0 Å². The second kappa shape index (κ2) is 5.92. The van der Waals surface area contributed by atoms with Gasteiger partial charge < -0.3 is 11.1 Å². The highest BCUT2D eigenvalue weighted by Crippen LogP contribution is 2.18. The number of aryl methyl sites for hydroxylation is 1. The summed E-state index contributed by atoms with van der Waals surface area (Å²) in [5.41, 5.74) is 8.21. The third-order valence-electron chi connectivity index (χ3n) is 3.05. The number of anilines is 1. The normalized spacial score (nSPS) is 11.9. The summed E-state index contributed by atoms with van der Waals surface area (Å²) >= 11 is 5.95. The number of nitrogens with two attached hydrogens (primary N) is 1. The van der Waals surface area contributed by atoms with Gasteiger partial charge in [0.25, 0.3) is 5.91 Å². The third kappa shape index (κ3) is 3.27. The lowest BCUT2D eigenvalue weighted by Crippen LogP contribution is -2.27. The van der Waals surface area contributed by atoms with Crippen LogP contribution in [0.1, 0.15) is 34.6 Å². The van der Waals surface area contributed by atoms with Crippen molar-refractivity contribution in [3.8, 4) is 0 Å². The van der Waals surface area contributed by atoms with Crippen molar-refractivity contribution in [2.45, 2.75) is 19.9 Å². The fourth-order valence-electron chi connectivity index (χ4n) is 1.91. The van der Waals surface area contributed by atoms with Gasteiger partial charge in [-0.1, -0.05) is 23.7 Å². The summed E-state index contributed by atoms with van der Waals surface area (Å²) in [5.74, 6) is -0.199. The average molecular weight is 290 g/mol. The summed E-state index contributed by atoms with van der Waals surface area (Å²) in [6.45, 7) is 3.68. The Balaban J connectivity index is 2.17. The predicted octanol–water partition coefficient (Wildman–Crippen LogP) is 3.12. The van der Waals surface area contributed by atoms with E-state index in [1.807, 2.05) is 25.1 Å². The summed E-state index contributed by atoms with van der Waals surface area (Å²) < 4.78 is 0. The number of halogens is 1. The highest BCUT2D eigenvalue weighted by molar-refractivity contribution is 6.30. The van der Waals surface area contributed by atoms with Crippen LogP contribution in [0.3, 0.4) is 0 Å². The van der Waals surface area contributed by atoms with Crippen molar-refractivity contribution in [1.29, 1.82) is 0 Å². The molecule has 1 unspecified atom stereocenters. The average Bonchev–Trinajstić information content (AvgIpc) is 2.41. The van der Waals surface area contributed by atoms with E-state index >= 15 is 0 Å². The van der Waals surface area contributed by atoms with Crippen LogP contribution in [0.5, 0.6) is 0 Å². The maximum absolute atomic E-state index is 12.2. The zero-order valence-corrected chi connectivity index (χ0v) is 12.1. The second-order valence-corrected chi connectivity index (χ2v) is 5.09. The number of hydrogen-bond acceptors (Lipinski definition) is 3. The van der Waals surface area contributed by atoms with Crippen LogP contribution in [0.4, 0.5) is 5.69 Å². The Morgan fingerprint density at radius 1 is 1.40 bits per heavy atom. The summed E-state index contributed by atoms with van der Waals surface area (Å²) in [6.07, 6.45) is 1.53. The molecule has 0 aliphatic heterocycles. The van der Waals surface area contributed by atoms with Crippen molar-refractivity contribution in [3.05, 3.63) is 58.4 Å². The standard InChI is InChI=1S/C15H16ClN3O/c1-9(11-4-3-5-12(16)6-11)19-15(20)14-7-13(17)8-18-10(14)2/h3-9H,17H2,1-2H3,(H,19,20). The number of nitrogens with one attached hydrogen (secondary N) is 1. The van der Waals surface area contributed by atoms with Crippen molar-refractivity contribution >= 4 is 23.2 Å². The third-order valence-corrected chi connectivity index (χ3v) is 3.28. The first-order valence-electron chi connectivity index (χ1n) is 6.26. The molecule has 0 fully saturated rings. The lowest BCUT2D eigenvalue weighted by molar-refractivity contribution is 0.0939. The van der Waals surface area contributed by atoms with E-state index in [-0.39, 0.29) is 11.9 Å². The number of benzene rings is 1. The van der Waals surface area contributed by atoms with E-state index in [0.29, 0.717) is 22.0 Å². The molecule has 1 aromatic carbocycles. The topological polar surface area (TPSA) is 68.0 Å². The van der Waals surface area contributed by atoms with E-state index in [9.17, 15) is 4.79 Å². The molecule has 0 radical (unpaired) electrons. The SMILES string of the molecule is Cc1ncc(N)cc1C(=O)NC(C)c1cccc(Cl)c1. The molecule has 1 heterocycles. The van der Waals surface area contributed by atoms with Gasteiger partial charge >= 0.3 is 0 Å². The molecule has 5 heteroatoms. The van der Waals surface area contributed by atoms with Crippen LogP contribution < -0.4 is 11.1 Å². The molecule has 2 aromatic rings. The van der Waals surface area contributed by atoms with E-state index in [1.54, 1.807) is 19.1 Å². The van der Waals surface area contributed by atoms with Gasteiger partial charge in [-0.2, -0.15) is 0 Å². The highest BCUT2D eigenvalue weighted by Gasteiger charge is 2.14. The minimum atomic E-state index is -0.199. The van der Waals surface area contributed by atoms with Gasteiger partial charge in [-0.25, -0.2) is 0 Å². The summed E-state index contributed by atoms with van der Waals surface area (Å²) in [5, 5.41) is 3.56. The second-order valence-electron chi connectivity index (χ2n) is 4.65. The van der Waals surface area contributed by atoms with Crippen molar-refractivity contribution < 1.29 is 4.79 Å². The monoisotopic (exact) mass is 289 g/mol. The maximum atomic E-state index is 12.2. The summed E-state index contributed by atoms with van der Waals surface area (Å²) in [4.78, 5) is 16.3. The molecule has 0 aliphatic rings. The van der Waals surface area contributed by atoms with Crippen molar-refractivity contribution in [2.24, 2.45) is 0 Å². The molecule has 1 aromatic heterocycles. The Kier molecular flexibility index (Phi) is 4.25. The Labute approximate surface area is 123 Å². The largest absolute Gasteiger partial charge is 0.397 e. The van der Waals surface area contributed by atoms with Gasteiger partial charge in [-0.3, -0.25) is 9.78 Å². The molecule has 0 saturated heterocycles. The number of nitrogen functional groups attached to an aromatic ring is 1. The van der Waals surface area contributed by atoms with Crippen molar-refractivity contribution in [2.75, 3.05) is 5.73 Å². The Morgan fingerprint density at radius 2 is 2.15 bits per heavy atom. The number of nitrogens with zero attached hydrogens (tertiary/aromatic N) is 1. The molecule has 0 saturated carbocycles. The van der Waals surface area contributed by atoms with E-state index in [0.717, 1.165) is 5.56 Å². The maximum Gasteiger partial charge on any atom is 0.253 e. The molecule has 1 atom stereocenters. The van der Waals surface area contributed by atoms with Gasteiger partial charge in [0.1, 0.15) is 0 Å². The Hall–Kier alpha value is -2.07. The molecule has 0 aliphatic carbocycles. The molecule has 20 heavy (non-hydrogen) atoms. The fraction of sp³-hybridized carbons (Fsp3) is 0.200. The van der Waals surface area contributed by atoms with Crippen molar-refractivity contribution in [1.82, 2.24) is 10.3 Å². The van der Waals surface area contributed by atoms with Gasteiger partial charge in [0.15, 0.2) is 0 Å². The molecule has 4 nitrogen and oxygen atoms in total. The Bertz CT molecular complexity index is 643. The van der Waals surface area contributed by atoms with Crippen LogP contribution >= 0.6 is 11.6 Å². The molecular weight excluding hydrogens is 274 g/mol. The lowest BCUT2D eigenvalue weighted by atomic mass is 10.1. The minimum Gasteiger partial charge on any atom is -0.397 e. The number of aromatic nitrogens is 1. The van der Waals surface area contributed by atoms with Crippen LogP contribution in [0, 0.1) is 6.92 Å². The lowest BCUT2D eigenvalue weighted by Gasteiger charge is -2.15. The quantitative estimate of drug-likeness (QED) is 0.912. The van der Waals surface area contributed by atoms with E-state index < -0.39 is 0 Å². The van der Waals surface area contributed by atoms with Gasteiger partial charge in [0.05, 0.1) is 29.2 Å². The highest BCUT2D eigenvalue weighted by atomic mass is 35.5. The molecule has 3 N–H and O–H groups in total. The summed E-state index contributed by atoms with van der Waals surface area (Å²) in [6, 6.07) is 8.88. The smallest absolute Gasteiger partial charge is 0.253 e. The van der Waals surface area contributed by atoms with Crippen LogP contribution in [0.2, 0.25) is 5.02 Å². The van der Waals surface area contributed by atoms with Crippen LogP contribution in [-0.4, -0.2) is 10.9 Å². The molecule has 0 spiro atoms. The number of rotatable bonds is 3. The van der Waals surface area contributed by atoms with Crippen LogP contribution in [0.15, 0.2) is 36.5 Å². The number of pyridine rings is 1. The molecule has 2 rings (SSSR count). The fourth-order valence-corrected chi connectivity index (χ4v) is 2.11. The molecule has 1 amide bonds. The summed E-state index contributed by atoms with van der Waals surface area (Å²) in [7, 11) is 0. The first kappa shape index (κ1) is 14.3. The van der Waals surface area contributed by atoms with E-state index in [1.165, 1.54) is 6.20 Å². The number of amides is 1. The first-order chi connectivity index (χ1) is 9.47. The minimum absolute atomic E-state index is 0.151. The van der Waals surface area contributed by atoms with E-state index in [4.69, 9.17) is 17.3 Å². The number of hydrogen-bond donors (Lipinski definition) is 2. The van der Waals surface area contributed by atoms with Crippen molar-refractivity contribution in [3.63, 3.8) is 0 Å². The Morgan fingerprint density at radius 3 is 2.85 bits per heavy atom. The van der Waals surface area contributed by atoms with Gasteiger partial charge in [0, 0.05) is 5.02 Å². The zero-order valence-electron chi connectivity index (χ0n) is 11.4. The van der Waals surface area contributed by atoms with Gasteiger partial charge in [-0.15, -0.1) is 0 Å². The van der Waals surface area contributed by atoms with Crippen LogP contribution in [0.25, 0.3) is 0 Å². The molecule has 0 bridgehead atoms. The van der Waals surface area contributed by atoms with E-state index in [2.05, 4.69) is 10.3 Å². The predicted molar refractivity (Wildman–Crippen MR) is 80.7 cm³/mol. The molecular formula is C15H16ClN3O. The first-order valence-corrected chi connectivity index (χ1v) is 6.63. The van der Waals surface area contributed by atoms with Gasteiger partial charge in [-0.05, 0) is 37.6 Å².